The van der Waals surface area contributed by atoms with E-state index >= 15 is 0 Å². The maximum Gasteiger partial charge on any atom is 2.00 e. The van der Waals surface area contributed by atoms with Gasteiger partial charge in [-0.2, -0.15) is 0 Å². The third kappa shape index (κ3) is 6.43. The molecule has 0 saturated carbocycles. The zero-order chi connectivity index (χ0) is 10.4. The molecule has 0 aliphatic carbocycles. The van der Waals surface area contributed by atoms with Gasteiger partial charge in [-0.25, -0.2) is 14.6 Å². The molecule has 7 heteroatoms. The Labute approximate surface area is 100 Å². The molecule has 4 N–H and O–H groups in total. The second kappa shape index (κ2) is 7.33. The molecule has 0 aromatic heterocycles. The van der Waals surface area contributed by atoms with Crippen LogP contribution < -0.4 is 11.5 Å². The van der Waals surface area contributed by atoms with Crippen molar-refractivity contribution < 1.29 is 17.2 Å². The predicted octanol–water partition coefficient (Wildman–Crippen LogP) is -1.25. The first-order valence-electron chi connectivity index (χ1n) is 3.44. The van der Waals surface area contributed by atoms with E-state index in [9.17, 15) is 9.59 Å². The van der Waals surface area contributed by atoms with Crippen molar-refractivity contribution in [1.82, 2.24) is 0 Å². The fraction of sp³-hybridized carbons (Fsp3) is 0.286. The van der Waals surface area contributed by atoms with Crippen LogP contribution >= 0.6 is 0 Å². The van der Waals surface area contributed by atoms with Crippen LogP contribution in [0.5, 0.6) is 0 Å². The van der Waals surface area contributed by atoms with Crippen molar-refractivity contribution in [1.29, 1.82) is 0 Å². The first-order chi connectivity index (χ1) is 5.97. The summed E-state index contributed by atoms with van der Waals surface area (Å²) in [6.07, 6.45) is 0.875. The van der Waals surface area contributed by atoms with E-state index < -0.39 is 18.0 Å². The van der Waals surface area contributed by atoms with Crippen molar-refractivity contribution >= 4 is 41.0 Å². The van der Waals surface area contributed by atoms with Crippen molar-refractivity contribution in [2.45, 2.75) is 13.0 Å². The summed E-state index contributed by atoms with van der Waals surface area (Å²) < 4.78 is 4.25. The monoisotopic (exact) mass is 211 g/mol. The van der Waals surface area contributed by atoms with Crippen LogP contribution in [0.3, 0.4) is 0 Å². The maximum absolute atomic E-state index is 10.9. The van der Waals surface area contributed by atoms with Gasteiger partial charge in [0.05, 0.1) is 0 Å². The molecule has 0 fully saturated rings. The molecule has 0 radical (unpaired) electrons. The number of aliphatic imine (C=N–C) groups is 1. The molecule has 0 saturated heterocycles. The van der Waals surface area contributed by atoms with Crippen LogP contribution in [0.2, 0.25) is 0 Å². The Bertz CT molecular complexity index is 270. The molecular formula is C7H13MgN3O3. The molecule has 14 heavy (non-hydrogen) atoms. The van der Waals surface area contributed by atoms with Crippen LogP contribution in [-0.2, 0) is 14.3 Å². The van der Waals surface area contributed by atoms with Gasteiger partial charge < -0.3 is 19.1 Å². The number of esters is 2. The average Bonchev–Trinajstić information content (AvgIpc) is 2.02. The number of rotatable bonds is 3. The van der Waals surface area contributed by atoms with Gasteiger partial charge in [-0.3, -0.25) is 0 Å². The Morgan fingerprint density at radius 2 is 2.07 bits per heavy atom. The number of nitrogens with zero attached hydrogens (tertiary/aromatic N) is 1. The molecule has 0 aromatic carbocycles. The van der Waals surface area contributed by atoms with Crippen molar-refractivity contribution in [2.75, 3.05) is 0 Å². The van der Waals surface area contributed by atoms with E-state index in [0.29, 0.717) is 0 Å². The van der Waals surface area contributed by atoms with Crippen LogP contribution in [-0.4, -0.2) is 47.0 Å². The van der Waals surface area contributed by atoms with Crippen molar-refractivity contribution in [3.63, 3.8) is 0 Å². The summed E-state index contributed by atoms with van der Waals surface area (Å²) in [5.74, 6) is -1.89. The van der Waals surface area contributed by atoms with E-state index in [2.05, 4.69) is 16.3 Å². The third-order valence-electron chi connectivity index (χ3n) is 1.05. The minimum atomic E-state index is -0.895. The summed E-state index contributed by atoms with van der Waals surface area (Å²) in [6.45, 7) is 4.52. The number of hydrogen-bond donors (Lipinski definition) is 2. The summed E-state index contributed by atoms with van der Waals surface area (Å²) in [4.78, 5) is 25.0. The minimum Gasteiger partial charge on any atom is -1.00 e. The number of nitrogens with two attached hydrogens (primary N) is 2. The van der Waals surface area contributed by atoms with E-state index in [1.807, 2.05) is 0 Å². The van der Waals surface area contributed by atoms with Crippen molar-refractivity contribution in [3.05, 3.63) is 12.7 Å². The average molecular weight is 212 g/mol. The standard InChI is InChI=1S/C7H11N3O3.Mg.2H/c1-3-5(11)13-6(12)4(2)10-7(8)9;;;/h3-4H,1H2,2H3,(H4,8,9,10);;;/q;+2;2*-1. The van der Waals surface area contributed by atoms with Crippen LogP contribution in [0.25, 0.3) is 0 Å². The van der Waals surface area contributed by atoms with Crippen LogP contribution in [0, 0.1) is 0 Å². The van der Waals surface area contributed by atoms with Crippen LogP contribution in [0.1, 0.15) is 9.78 Å². The molecule has 76 valence electrons. The Kier molecular flexibility index (Phi) is 8.06. The summed E-state index contributed by atoms with van der Waals surface area (Å²) in [6, 6.07) is -0.895. The molecular weight excluding hydrogens is 198 g/mol. The Hall–Kier alpha value is -1.08. The van der Waals surface area contributed by atoms with Gasteiger partial charge in [-0.15, -0.1) is 0 Å². The first kappa shape index (κ1) is 15.4. The molecule has 1 unspecified atom stereocenters. The van der Waals surface area contributed by atoms with E-state index in [0.717, 1.165) is 6.08 Å². The van der Waals surface area contributed by atoms with Gasteiger partial charge in [0.1, 0.15) is 6.04 Å². The minimum absolute atomic E-state index is 0. The second-order valence-corrected chi connectivity index (χ2v) is 2.17. The van der Waals surface area contributed by atoms with Crippen LogP contribution in [0.4, 0.5) is 0 Å². The van der Waals surface area contributed by atoms with Gasteiger partial charge in [-0.1, -0.05) is 6.58 Å². The molecule has 0 amide bonds. The SMILES string of the molecule is C=CC(=O)OC(=O)C(C)N=C(N)N.[H-].[H-].[Mg+2]. The van der Waals surface area contributed by atoms with E-state index in [1.54, 1.807) is 0 Å². The van der Waals surface area contributed by atoms with E-state index in [1.165, 1.54) is 6.92 Å². The molecule has 0 aliphatic heterocycles. The van der Waals surface area contributed by atoms with Gasteiger partial charge in [0.15, 0.2) is 5.96 Å². The van der Waals surface area contributed by atoms with Crippen LogP contribution in [0.15, 0.2) is 17.6 Å². The normalized spacial score (nSPS) is 10.4. The maximum atomic E-state index is 10.9. The Balaban J connectivity index is -0.000000240. The number of hydrogen-bond acceptors (Lipinski definition) is 4. The van der Waals surface area contributed by atoms with E-state index in [4.69, 9.17) is 11.5 Å². The van der Waals surface area contributed by atoms with Crippen molar-refractivity contribution in [3.8, 4) is 0 Å². The molecule has 0 spiro atoms. The molecule has 0 heterocycles. The summed E-state index contributed by atoms with van der Waals surface area (Å²) in [5.41, 5.74) is 10.0. The summed E-state index contributed by atoms with van der Waals surface area (Å²) in [7, 11) is 0. The molecule has 1 atom stereocenters. The van der Waals surface area contributed by atoms with Crippen molar-refractivity contribution in [2.24, 2.45) is 16.5 Å². The summed E-state index contributed by atoms with van der Waals surface area (Å²) in [5, 5.41) is 0. The smallest absolute Gasteiger partial charge is 1.00 e. The van der Waals surface area contributed by atoms with Gasteiger partial charge >= 0.3 is 35.0 Å². The van der Waals surface area contributed by atoms with Gasteiger partial charge in [0.25, 0.3) is 0 Å². The zero-order valence-corrected chi connectivity index (χ0v) is 9.31. The molecule has 0 bridgehead atoms. The number of carbonyl (C=O) groups excluding carboxylic acids is 2. The predicted molar refractivity (Wildman–Crippen MR) is 54.5 cm³/mol. The molecule has 0 rings (SSSR count). The fourth-order valence-electron chi connectivity index (χ4n) is 0.502. The third-order valence-corrected chi connectivity index (χ3v) is 1.05. The van der Waals surface area contributed by atoms with E-state index in [-0.39, 0.29) is 31.9 Å². The topological polar surface area (TPSA) is 108 Å². The fourth-order valence-corrected chi connectivity index (χ4v) is 0.502. The molecule has 6 nitrogen and oxygen atoms in total. The number of ether oxygens (including phenoxy) is 1. The Morgan fingerprint density at radius 3 is 2.43 bits per heavy atom. The largest absolute Gasteiger partial charge is 2.00 e. The van der Waals surface area contributed by atoms with Gasteiger partial charge in [0.2, 0.25) is 0 Å². The molecule has 0 aliphatic rings. The quantitative estimate of drug-likeness (QED) is 0.151. The zero-order valence-electron chi connectivity index (χ0n) is 9.90. The molecule has 0 aromatic rings. The Morgan fingerprint density at radius 1 is 1.57 bits per heavy atom. The number of carbonyl (C=O) groups is 2. The summed E-state index contributed by atoms with van der Waals surface area (Å²) >= 11 is 0. The van der Waals surface area contributed by atoms with Gasteiger partial charge in [-0.05, 0) is 6.92 Å². The number of guanidine groups is 1. The first-order valence-corrected chi connectivity index (χ1v) is 3.44. The second-order valence-electron chi connectivity index (χ2n) is 2.17. The van der Waals surface area contributed by atoms with Gasteiger partial charge in [0, 0.05) is 6.08 Å².